The third-order valence-electron chi connectivity index (χ3n) is 9.88. The van der Waals surface area contributed by atoms with Crippen molar-refractivity contribution in [3.63, 3.8) is 0 Å². The van der Waals surface area contributed by atoms with E-state index in [4.69, 9.17) is 9.47 Å². The number of rotatable bonds is 1. The molecule has 2 unspecified atom stereocenters. The van der Waals surface area contributed by atoms with Crippen LogP contribution in [0.2, 0.25) is 0 Å². The third-order valence-corrected chi connectivity index (χ3v) is 9.88. The van der Waals surface area contributed by atoms with E-state index in [9.17, 15) is 4.91 Å². The standard InChI is InChI=1S/C22H35NO3/c1-20-10-7-16(23-24)5-3-15(20)4-6-17-18(20)8-11-21(2)19(17)9-12-22(21)25-13-14-26-22/h15-19H,3-14H2,1-2H3/t15-,16?,17-,18?,19+,20+,21+/m1/s1. The highest BCUT2D eigenvalue weighted by atomic mass is 16.7. The molecule has 0 bridgehead atoms. The molecule has 1 spiro atoms. The fraction of sp³-hybridized carbons (Fsp3) is 1.00. The van der Waals surface area contributed by atoms with Gasteiger partial charge in [-0.1, -0.05) is 19.0 Å². The van der Waals surface area contributed by atoms with Gasteiger partial charge in [-0.05, 0) is 86.9 Å². The fourth-order valence-corrected chi connectivity index (χ4v) is 8.40. The molecule has 1 saturated heterocycles. The lowest BCUT2D eigenvalue weighted by atomic mass is 9.46. The molecule has 0 radical (unpaired) electrons. The summed E-state index contributed by atoms with van der Waals surface area (Å²) in [5.74, 6) is 2.91. The maximum atomic E-state index is 11.2. The van der Waals surface area contributed by atoms with Crippen molar-refractivity contribution in [1.29, 1.82) is 0 Å². The van der Waals surface area contributed by atoms with Crippen LogP contribution in [0.25, 0.3) is 0 Å². The summed E-state index contributed by atoms with van der Waals surface area (Å²) < 4.78 is 12.5. The number of hydrogen-bond donors (Lipinski definition) is 0. The van der Waals surface area contributed by atoms with Crippen LogP contribution in [0, 0.1) is 39.4 Å². The van der Waals surface area contributed by atoms with E-state index in [1.807, 2.05) is 0 Å². The van der Waals surface area contributed by atoms with Crippen molar-refractivity contribution in [3.05, 3.63) is 4.91 Å². The van der Waals surface area contributed by atoms with Crippen molar-refractivity contribution >= 4 is 0 Å². The highest BCUT2D eigenvalue weighted by molar-refractivity contribution is 5.12. The van der Waals surface area contributed by atoms with Gasteiger partial charge >= 0.3 is 0 Å². The lowest BCUT2D eigenvalue weighted by Crippen LogP contribution is -2.55. The summed E-state index contributed by atoms with van der Waals surface area (Å²) in [6.07, 6.45) is 12.1. The van der Waals surface area contributed by atoms with Crippen LogP contribution in [0.15, 0.2) is 5.18 Å². The molecule has 5 fully saturated rings. The van der Waals surface area contributed by atoms with Crippen LogP contribution in [0.1, 0.15) is 78.1 Å². The number of nitrogens with zero attached hydrogens (tertiary/aromatic N) is 1. The van der Waals surface area contributed by atoms with Gasteiger partial charge in [0.1, 0.15) is 0 Å². The van der Waals surface area contributed by atoms with Crippen LogP contribution < -0.4 is 0 Å². The molecule has 4 nitrogen and oxygen atoms in total. The van der Waals surface area contributed by atoms with Gasteiger partial charge in [-0.3, -0.25) is 0 Å². The lowest BCUT2D eigenvalue weighted by Gasteiger charge is -2.59. The molecule has 1 heterocycles. The summed E-state index contributed by atoms with van der Waals surface area (Å²) in [7, 11) is 0. The number of hydrogen-bond acceptors (Lipinski definition) is 4. The van der Waals surface area contributed by atoms with Crippen LogP contribution in [0.5, 0.6) is 0 Å². The molecule has 7 atom stereocenters. The van der Waals surface area contributed by atoms with E-state index in [0.717, 1.165) is 56.1 Å². The average molecular weight is 362 g/mol. The van der Waals surface area contributed by atoms with Crippen LogP contribution in [0.3, 0.4) is 0 Å². The van der Waals surface area contributed by atoms with Crippen molar-refractivity contribution in [2.45, 2.75) is 89.9 Å². The normalized spacial score (nSPS) is 52.8. The number of fused-ring (bicyclic) bond motifs is 6. The minimum atomic E-state index is -0.281. The van der Waals surface area contributed by atoms with Crippen LogP contribution in [0.4, 0.5) is 0 Å². The molecule has 4 saturated carbocycles. The topological polar surface area (TPSA) is 47.9 Å². The van der Waals surface area contributed by atoms with Crippen molar-refractivity contribution in [2.24, 2.45) is 39.7 Å². The molecule has 26 heavy (non-hydrogen) atoms. The Morgan fingerprint density at radius 2 is 1.54 bits per heavy atom. The van der Waals surface area contributed by atoms with Gasteiger partial charge in [0, 0.05) is 11.8 Å². The van der Waals surface area contributed by atoms with Crippen LogP contribution >= 0.6 is 0 Å². The maximum Gasteiger partial charge on any atom is 0.174 e. The zero-order chi connectivity index (χ0) is 18.0. The second-order valence-corrected chi connectivity index (χ2v) is 10.5. The Bertz CT molecular complexity index is 574. The van der Waals surface area contributed by atoms with Crippen molar-refractivity contribution in [3.8, 4) is 0 Å². The summed E-state index contributed by atoms with van der Waals surface area (Å²) in [4.78, 5) is 11.2. The van der Waals surface area contributed by atoms with Gasteiger partial charge in [0.15, 0.2) is 5.79 Å². The van der Waals surface area contributed by atoms with Gasteiger partial charge in [0.25, 0.3) is 0 Å². The first-order chi connectivity index (χ1) is 12.5. The van der Waals surface area contributed by atoms with E-state index < -0.39 is 0 Å². The van der Waals surface area contributed by atoms with Crippen LogP contribution in [-0.4, -0.2) is 25.0 Å². The first kappa shape index (κ1) is 17.6. The van der Waals surface area contributed by atoms with Crippen molar-refractivity contribution < 1.29 is 9.47 Å². The molecule has 4 aliphatic carbocycles. The Morgan fingerprint density at radius 1 is 0.808 bits per heavy atom. The van der Waals surface area contributed by atoms with E-state index in [1.54, 1.807) is 0 Å². The van der Waals surface area contributed by atoms with Crippen molar-refractivity contribution in [1.82, 2.24) is 0 Å². The molecular formula is C22H35NO3. The Morgan fingerprint density at radius 3 is 2.31 bits per heavy atom. The maximum absolute atomic E-state index is 11.2. The summed E-state index contributed by atoms with van der Waals surface area (Å²) in [6, 6.07) is 0.0692. The molecule has 4 heteroatoms. The molecule has 0 N–H and O–H groups in total. The molecule has 0 aromatic carbocycles. The van der Waals surface area contributed by atoms with Gasteiger partial charge in [0.2, 0.25) is 0 Å². The zero-order valence-electron chi connectivity index (χ0n) is 16.5. The molecule has 0 aromatic heterocycles. The smallest absolute Gasteiger partial charge is 0.174 e. The van der Waals surface area contributed by atoms with E-state index >= 15 is 0 Å². The summed E-state index contributed by atoms with van der Waals surface area (Å²) in [6.45, 7) is 6.59. The van der Waals surface area contributed by atoms with E-state index in [0.29, 0.717) is 5.41 Å². The Labute approximate surface area is 157 Å². The van der Waals surface area contributed by atoms with Gasteiger partial charge in [-0.2, -0.15) is 4.91 Å². The van der Waals surface area contributed by atoms with Crippen molar-refractivity contribution in [2.75, 3.05) is 13.2 Å². The molecule has 146 valence electrons. The quantitative estimate of drug-likeness (QED) is 0.596. The summed E-state index contributed by atoms with van der Waals surface area (Å²) in [5.41, 5.74) is 0.613. The van der Waals surface area contributed by atoms with Gasteiger partial charge in [-0.15, -0.1) is 0 Å². The Hall–Kier alpha value is -0.480. The Balaban J connectivity index is 1.43. The van der Waals surface area contributed by atoms with E-state index in [2.05, 4.69) is 19.0 Å². The largest absolute Gasteiger partial charge is 0.347 e. The Kier molecular flexibility index (Phi) is 4.07. The second kappa shape index (κ2) is 6.01. The second-order valence-electron chi connectivity index (χ2n) is 10.5. The first-order valence-electron chi connectivity index (χ1n) is 11.1. The van der Waals surface area contributed by atoms with E-state index in [1.165, 1.54) is 44.9 Å². The highest BCUT2D eigenvalue weighted by Crippen LogP contribution is 2.69. The SMILES string of the molecule is C[C@]12CCC3[C@@H](CC[C@H]4CCC(N=O)CC[C@]34C)[C@@H]1CCC21OCCO1. The highest BCUT2D eigenvalue weighted by Gasteiger charge is 2.67. The fourth-order valence-electron chi connectivity index (χ4n) is 8.40. The number of ether oxygens (including phenoxy) is 2. The van der Waals surface area contributed by atoms with Gasteiger partial charge in [0.05, 0.1) is 19.3 Å². The van der Waals surface area contributed by atoms with Gasteiger partial charge in [-0.25, -0.2) is 0 Å². The molecule has 5 rings (SSSR count). The zero-order valence-corrected chi connectivity index (χ0v) is 16.5. The summed E-state index contributed by atoms with van der Waals surface area (Å²) >= 11 is 0. The lowest BCUT2D eigenvalue weighted by molar-refractivity contribution is -0.246. The predicted molar refractivity (Wildman–Crippen MR) is 101 cm³/mol. The molecule has 5 aliphatic rings. The molecule has 1 aliphatic heterocycles. The third kappa shape index (κ3) is 2.21. The monoisotopic (exact) mass is 361 g/mol. The average Bonchev–Trinajstić information content (AvgIpc) is 3.18. The minimum absolute atomic E-state index is 0.0692. The van der Waals surface area contributed by atoms with E-state index in [-0.39, 0.29) is 17.2 Å². The van der Waals surface area contributed by atoms with Crippen LogP contribution in [-0.2, 0) is 9.47 Å². The number of nitroso groups, excluding NO2 is 1. The minimum Gasteiger partial charge on any atom is -0.347 e. The summed E-state index contributed by atoms with van der Waals surface area (Å²) in [5, 5.41) is 3.43. The predicted octanol–water partition coefficient (Wildman–Crippen LogP) is 5.30. The van der Waals surface area contributed by atoms with Gasteiger partial charge < -0.3 is 9.47 Å². The molecule has 0 amide bonds. The molecular weight excluding hydrogens is 326 g/mol. The first-order valence-corrected chi connectivity index (χ1v) is 11.1. The molecule has 0 aromatic rings.